The van der Waals surface area contributed by atoms with Gasteiger partial charge >= 0.3 is 0 Å². The molecular formula is C25H29N3O3S2. The van der Waals surface area contributed by atoms with Gasteiger partial charge in [-0.25, -0.2) is 13.4 Å². The molecule has 1 fully saturated rings. The van der Waals surface area contributed by atoms with Crippen molar-refractivity contribution in [3.63, 3.8) is 0 Å². The topological polar surface area (TPSA) is 79.4 Å². The van der Waals surface area contributed by atoms with Crippen molar-refractivity contribution >= 4 is 32.4 Å². The number of amides is 1. The molecule has 0 bridgehead atoms. The molecule has 1 aliphatic rings. The summed E-state index contributed by atoms with van der Waals surface area (Å²) in [6, 6.07) is 12.3. The van der Waals surface area contributed by atoms with E-state index in [0.29, 0.717) is 35.6 Å². The van der Waals surface area contributed by atoms with Crippen LogP contribution in [0.2, 0.25) is 0 Å². The highest BCUT2D eigenvalue weighted by Crippen LogP contribution is 2.29. The highest BCUT2D eigenvalue weighted by Gasteiger charge is 2.31. The monoisotopic (exact) mass is 483 g/mol. The number of rotatable bonds is 5. The van der Waals surface area contributed by atoms with E-state index in [4.69, 9.17) is 0 Å². The summed E-state index contributed by atoms with van der Waals surface area (Å²) in [4.78, 5) is 17.5. The lowest BCUT2D eigenvalue weighted by Gasteiger charge is -2.34. The predicted octanol–water partition coefficient (Wildman–Crippen LogP) is 5.35. The van der Waals surface area contributed by atoms with Gasteiger partial charge < -0.3 is 0 Å². The molecule has 174 valence electrons. The highest BCUT2D eigenvalue weighted by molar-refractivity contribution is 7.89. The minimum Gasteiger partial charge on any atom is -0.298 e. The second-order valence-corrected chi connectivity index (χ2v) is 11.9. The van der Waals surface area contributed by atoms with Crippen LogP contribution in [-0.4, -0.2) is 36.7 Å². The number of hydrogen-bond acceptors (Lipinski definition) is 5. The molecule has 0 radical (unpaired) electrons. The van der Waals surface area contributed by atoms with Crippen molar-refractivity contribution in [3.05, 3.63) is 64.5 Å². The number of carbonyl (C=O) groups is 1. The van der Waals surface area contributed by atoms with Gasteiger partial charge in [0.15, 0.2) is 5.13 Å². The number of carbonyl (C=O) groups excluding carboxylic acids is 1. The summed E-state index contributed by atoms with van der Waals surface area (Å²) in [5.74, 6) is 0.349. The van der Waals surface area contributed by atoms with Gasteiger partial charge in [-0.15, -0.1) is 11.3 Å². The van der Waals surface area contributed by atoms with E-state index in [-0.39, 0.29) is 10.8 Å². The van der Waals surface area contributed by atoms with Gasteiger partial charge in [-0.3, -0.25) is 10.1 Å². The fourth-order valence-corrected chi connectivity index (χ4v) is 6.75. The van der Waals surface area contributed by atoms with Crippen LogP contribution in [0.1, 0.15) is 41.8 Å². The lowest BCUT2D eigenvalue weighted by molar-refractivity contribution is 0.102. The zero-order valence-electron chi connectivity index (χ0n) is 19.3. The fraction of sp³-hybridized carbons (Fsp3) is 0.360. The summed E-state index contributed by atoms with van der Waals surface area (Å²) in [5.41, 5.74) is 4.53. The third kappa shape index (κ3) is 5.18. The van der Waals surface area contributed by atoms with Gasteiger partial charge in [0.2, 0.25) is 10.0 Å². The van der Waals surface area contributed by atoms with Gasteiger partial charge in [-0.05, 0) is 68.0 Å². The van der Waals surface area contributed by atoms with Gasteiger partial charge in [0, 0.05) is 29.6 Å². The second-order valence-electron chi connectivity index (χ2n) is 9.10. The smallest absolute Gasteiger partial charge is 0.257 e. The largest absolute Gasteiger partial charge is 0.298 e. The molecule has 0 spiro atoms. The molecule has 6 nitrogen and oxygen atoms in total. The Morgan fingerprint density at radius 2 is 1.73 bits per heavy atom. The molecule has 3 aromatic rings. The molecule has 2 atom stereocenters. The summed E-state index contributed by atoms with van der Waals surface area (Å²) >= 11 is 1.36. The first-order valence-electron chi connectivity index (χ1n) is 11.1. The summed E-state index contributed by atoms with van der Waals surface area (Å²) in [5, 5.41) is 5.25. The van der Waals surface area contributed by atoms with Crippen LogP contribution >= 0.6 is 11.3 Å². The van der Waals surface area contributed by atoms with Crippen LogP contribution < -0.4 is 5.32 Å². The van der Waals surface area contributed by atoms with Crippen molar-refractivity contribution in [2.24, 2.45) is 11.8 Å². The SMILES string of the molecule is Cc1ccc(C)c(-c2csc(NC(=O)c3ccc(S(=O)(=O)N4C[C@H](C)C[C@@H](C)C4)cc3)n2)c1. The van der Waals surface area contributed by atoms with E-state index < -0.39 is 10.0 Å². The Labute approximate surface area is 199 Å². The number of hydrogen-bond donors (Lipinski definition) is 1. The molecule has 1 aliphatic heterocycles. The maximum Gasteiger partial charge on any atom is 0.257 e. The van der Waals surface area contributed by atoms with Crippen molar-refractivity contribution in [2.75, 3.05) is 18.4 Å². The predicted molar refractivity (Wildman–Crippen MR) is 133 cm³/mol. The van der Waals surface area contributed by atoms with E-state index in [9.17, 15) is 13.2 Å². The number of thiazole rings is 1. The number of aromatic nitrogens is 1. The van der Waals surface area contributed by atoms with Gasteiger partial charge in [-0.2, -0.15) is 4.31 Å². The maximum atomic E-state index is 13.1. The number of anilines is 1. The summed E-state index contributed by atoms with van der Waals surface area (Å²) in [7, 11) is -3.57. The first kappa shape index (κ1) is 23.6. The third-order valence-corrected chi connectivity index (χ3v) is 8.59. The molecule has 0 unspecified atom stereocenters. The van der Waals surface area contributed by atoms with E-state index in [2.05, 4.69) is 42.3 Å². The maximum absolute atomic E-state index is 13.1. The number of nitrogens with one attached hydrogen (secondary N) is 1. The Kier molecular flexibility index (Phi) is 6.70. The van der Waals surface area contributed by atoms with Gasteiger partial charge in [0.1, 0.15) is 0 Å². The average molecular weight is 484 g/mol. The van der Waals surface area contributed by atoms with E-state index in [0.717, 1.165) is 28.8 Å². The van der Waals surface area contributed by atoms with E-state index >= 15 is 0 Å². The first-order chi connectivity index (χ1) is 15.6. The van der Waals surface area contributed by atoms with Crippen molar-refractivity contribution in [3.8, 4) is 11.3 Å². The number of benzene rings is 2. The number of aryl methyl sites for hydroxylation is 2. The molecule has 4 rings (SSSR count). The molecule has 8 heteroatoms. The average Bonchev–Trinajstić information content (AvgIpc) is 3.23. The molecule has 2 heterocycles. The van der Waals surface area contributed by atoms with Gasteiger partial charge in [0.05, 0.1) is 10.6 Å². The van der Waals surface area contributed by atoms with Crippen LogP contribution in [0.25, 0.3) is 11.3 Å². The number of nitrogens with zero attached hydrogens (tertiary/aromatic N) is 2. The fourth-order valence-electron chi connectivity index (χ4n) is 4.37. The van der Waals surface area contributed by atoms with Crippen LogP contribution in [0.15, 0.2) is 52.7 Å². The Morgan fingerprint density at radius 3 is 2.39 bits per heavy atom. The van der Waals surface area contributed by atoms with E-state index in [1.54, 1.807) is 16.4 Å². The Bertz CT molecular complexity index is 1260. The van der Waals surface area contributed by atoms with Crippen molar-refractivity contribution in [1.82, 2.24) is 9.29 Å². The highest BCUT2D eigenvalue weighted by atomic mass is 32.2. The molecule has 1 saturated heterocycles. The minimum atomic E-state index is -3.57. The minimum absolute atomic E-state index is 0.215. The zero-order chi connectivity index (χ0) is 23.8. The molecule has 1 N–H and O–H groups in total. The van der Waals surface area contributed by atoms with Gasteiger partial charge in [0.25, 0.3) is 5.91 Å². The van der Waals surface area contributed by atoms with E-state index in [1.807, 2.05) is 19.2 Å². The third-order valence-electron chi connectivity index (χ3n) is 5.98. The number of piperidine rings is 1. The van der Waals surface area contributed by atoms with Crippen LogP contribution in [-0.2, 0) is 10.0 Å². The lowest BCUT2D eigenvalue weighted by Crippen LogP contribution is -2.42. The summed E-state index contributed by atoms with van der Waals surface area (Å²) in [6.45, 7) is 9.29. The molecular weight excluding hydrogens is 454 g/mol. The van der Waals surface area contributed by atoms with Crippen LogP contribution in [0.4, 0.5) is 5.13 Å². The van der Waals surface area contributed by atoms with Gasteiger partial charge in [-0.1, -0.05) is 31.5 Å². The van der Waals surface area contributed by atoms with Crippen LogP contribution in [0.3, 0.4) is 0 Å². The van der Waals surface area contributed by atoms with E-state index in [1.165, 1.54) is 23.5 Å². The second kappa shape index (κ2) is 9.37. The lowest BCUT2D eigenvalue weighted by atomic mass is 9.94. The molecule has 0 saturated carbocycles. The summed E-state index contributed by atoms with van der Waals surface area (Å²) in [6.07, 6.45) is 1.03. The summed E-state index contributed by atoms with van der Waals surface area (Å²) < 4.78 is 27.7. The van der Waals surface area contributed by atoms with Crippen molar-refractivity contribution < 1.29 is 13.2 Å². The Morgan fingerprint density at radius 1 is 1.06 bits per heavy atom. The first-order valence-corrected chi connectivity index (χ1v) is 13.4. The molecule has 2 aromatic carbocycles. The standard InChI is InChI=1S/C25H29N3O3S2/c1-16-5-6-19(4)22(12-16)23-15-32-25(26-23)27-24(29)20-7-9-21(10-8-20)33(30,31)28-13-17(2)11-18(3)14-28/h5-10,12,15,17-18H,11,13-14H2,1-4H3,(H,26,27,29)/t17-,18-/m1/s1. The quantitative estimate of drug-likeness (QED) is 0.531. The van der Waals surface area contributed by atoms with Crippen LogP contribution in [0.5, 0.6) is 0 Å². The number of sulfonamides is 1. The normalized spacial score (nSPS) is 19.4. The molecule has 1 aromatic heterocycles. The van der Waals surface area contributed by atoms with Crippen molar-refractivity contribution in [1.29, 1.82) is 0 Å². The van der Waals surface area contributed by atoms with Crippen molar-refractivity contribution in [2.45, 2.75) is 39.0 Å². The Hall–Kier alpha value is -2.55. The van der Waals surface area contributed by atoms with Crippen LogP contribution in [0, 0.1) is 25.7 Å². The molecule has 0 aliphatic carbocycles. The Balaban J connectivity index is 1.47. The zero-order valence-corrected chi connectivity index (χ0v) is 21.0. The molecule has 33 heavy (non-hydrogen) atoms. The molecule has 1 amide bonds.